The Labute approximate surface area is 120 Å². The second-order valence-electron chi connectivity index (χ2n) is 3.30. The summed E-state index contributed by atoms with van der Waals surface area (Å²) in [4.78, 5) is 18.5. The van der Waals surface area contributed by atoms with E-state index in [1.165, 1.54) is 0 Å². The van der Waals surface area contributed by atoms with Crippen LogP contribution in [0, 0.1) is 0 Å². The van der Waals surface area contributed by atoms with Crippen LogP contribution in [0.5, 0.6) is 0 Å². The molecule has 0 bridgehead atoms. The van der Waals surface area contributed by atoms with Crippen molar-refractivity contribution in [2.75, 3.05) is 6.61 Å². The standard InChI is InChI=1S/C6H13O9P.Na.H/c7-3-2(1-14-16(11,12)13)15-6(10)5(9)4(3)8;;/h2-10H,1H2,(H2,11,12,13);;/q;+1;-1/p-1/t2-,3-,4+,5-,6?;;/m1../s1/i1+1,2+1,3+1,4+1,5+1,6+1;;. The summed E-state index contributed by atoms with van der Waals surface area (Å²) in [7, 11) is -4.98. The molecule has 6 atom stereocenters. The van der Waals surface area contributed by atoms with Gasteiger partial charge in [-0.1, -0.05) is 0 Å². The van der Waals surface area contributed by atoms with Gasteiger partial charge in [-0.25, -0.2) is 0 Å². The Kier molecular flexibility index (Phi) is 7.27. The normalized spacial score (nSPS) is 41.4. The van der Waals surface area contributed by atoms with Crippen LogP contribution in [0.3, 0.4) is 0 Å². The van der Waals surface area contributed by atoms with E-state index in [0.29, 0.717) is 0 Å². The van der Waals surface area contributed by atoms with Crippen molar-refractivity contribution in [2.24, 2.45) is 0 Å². The van der Waals surface area contributed by atoms with Crippen molar-refractivity contribution in [2.45, 2.75) is 30.7 Å². The van der Waals surface area contributed by atoms with Crippen LogP contribution in [0.25, 0.3) is 0 Å². The van der Waals surface area contributed by atoms with E-state index in [1.807, 2.05) is 0 Å². The molecule has 0 aromatic heterocycles. The fraction of sp³-hybridized carbons (Fsp3) is 1.00. The number of aliphatic hydroxyl groups is 4. The fourth-order valence-corrected chi connectivity index (χ4v) is 1.57. The second-order valence-corrected chi connectivity index (χ2v) is 4.50. The van der Waals surface area contributed by atoms with Gasteiger partial charge in [-0.15, -0.1) is 0 Å². The van der Waals surface area contributed by atoms with E-state index >= 15 is 0 Å². The number of phosphoric ester groups is 1. The molecule has 0 radical (unpaired) electrons. The second kappa shape index (κ2) is 6.90. The van der Waals surface area contributed by atoms with Gasteiger partial charge < -0.3 is 40.9 Å². The van der Waals surface area contributed by atoms with Crippen LogP contribution in [0.15, 0.2) is 0 Å². The summed E-state index contributed by atoms with van der Waals surface area (Å²) in [6, 6.07) is 0. The van der Waals surface area contributed by atoms with Gasteiger partial charge in [-0.3, -0.25) is 4.57 Å². The van der Waals surface area contributed by atoms with Crippen LogP contribution in [0.1, 0.15) is 1.43 Å². The predicted molar refractivity (Wildman–Crippen MR) is 45.8 cm³/mol. The first-order valence-electron chi connectivity index (χ1n) is 4.28. The summed E-state index contributed by atoms with van der Waals surface area (Å²) in [5.41, 5.74) is 0. The summed E-state index contributed by atoms with van der Waals surface area (Å²) in [5.74, 6) is 0. The van der Waals surface area contributed by atoms with Crippen LogP contribution < -0.4 is 34.5 Å². The van der Waals surface area contributed by atoms with E-state index < -0.39 is 45.1 Å². The zero-order valence-corrected chi connectivity index (χ0v) is 11.8. The Balaban J connectivity index is 0. The van der Waals surface area contributed by atoms with Crippen molar-refractivity contribution < 1.29 is 75.0 Å². The van der Waals surface area contributed by atoms with E-state index in [2.05, 4.69) is 9.26 Å². The van der Waals surface area contributed by atoms with Crippen molar-refractivity contribution in [3.8, 4) is 0 Å². The maximum Gasteiger partial charge on any atom is 1.00 e. The third-order valence-corrected chi connectivity index (χ3v) is 2.56. The number of hydrogen-bond acceptors (Lipinski definition) is 8. The molecule has 9 nitrogen and oxygen atoms in total. The molecule has 11 heteroatoms. The molecular weight excluding hydrogens is 276 g/mol. The molecule has 1 heterocycles. The number of hydrogen-bond donors (Lipinski definition) is 5. The number of ether oxygens (including phenoxy) is 1. The van der Waals surface area contributed by atoms with Crippen LogP contribution in [-0.4, -0.2) is 62.6 Å². The average molecular weight is 289 g/mol. The summed E-state index contributed by atoms with van der Waals surface area (Å²) < 4.78 is 18.8. The van der Waals surface area contributed by atoms with Crippen LogP contribution in [-0.2, 0) is 13.8 Å². The molecule has 0 aromatic carbocycles. The van der Waals surface area contributed by atoms with Crippen LogP contribution in [0.2, 0.25) is 0 Å². The third-order valence-electron chi connectivity index (χ3n) is 2.09. The number of rotatable bonds is 3. The minimum absolute atomic E-state index is 0. The van der Waals surface area contributed by atoms with Crippen LogP contribution >= 0.6 is 7.82 Å². The first-order valence-corrected chi connectivity index (χ1v) is 5.78. The molecule has 1 aliphatic rings. The van der Waals surface area contributed by atoms with Gasteiger partial charge in [0, 0.05) is 0 Å². The van der Waals surface area contributed by atoms with Gasteiger partial charge in [-0.05, 0) is 0 Å². The number of aliphatic hydroxyl groups excluding tert-OH is 4. The fourth-order valence-electron chi connectivity index (χ4n) is 1.24. The van der Waals surface area contributed by atoms with Crippen molar-refractivity contribution in [3.05, 3.63) is 0 Å². The molecule has 98 valence electrons. The largest absolute Gasteiger partial charge is 1.00 e. The zero-order valence-electron chi connectivity index (χ0n) is 9.91. The minimum Gasteiger partial charge on any atom is -1.00 e. The molecule has 17 heavy (non-hydrogen) atoms. The first-order chi connectivity index (χ1) is 7.22. The van der Waals surface area contributed by atoms with Crippen LogP contribution in [0.4, 0.5) is 0 Å². The molecule has 1 rings (SSSR count). The molecule has 0 amide bonds. The Morgan fingerprint density at radius 3 is 2.24 bits per heavy atom. The SMILES string of the molecule is O=P([O-])(O)O[13CH2][13C@H]1O[13CH](O)[13C@H](O)[13C@@H](O)[13C@@H]1O.[H-].[Na+]. The molecule has 0 aliphatic carbocycles. The predicted octanol–water partition coefficient (Wildman–Crippen LogP) is -6.62. The van der Waals surface area contributed by atoms with E-state index in [0.717, 1.165) is 0 Å². The van der Waals surface area contributed by atoms with E-state index in [-0.39, 0.29) is 31.0 Å². The van der Waals surface area contributed by atoms with E-state index in [4.69, 9.17) is 15.1 Å². The van der Waals surface area contributed by atoms with Crippen molar-refractivity contribution >= 4 is 7.82 Å². The molecule has 2 unspecified atom stereocenters. The quantitative estimate of drug-likeness (QED) is 0.193. The molecule has 0 aromatic rings. The summed E-state index contributed by atoms with van der Waals surface area (Å²) in [6.45, 7) is -0.792. The molecule has 1 saturated heterocycles. The van der Waals surface area contributed by atoms with Gasteiger partial charge >= 0.3 is 29.6 Å². The Morgan fingerprint density at radius 2 is 1.76 bits per heavy atom. The van der Waals surface area contributed by atoms with E-state index in [1.54, 1.807) is 0 Å². The van der Waals surface area contributed by atoms with Gasteiger partial charge in [-0.2, -0.15) is 0 Å². The smallest absolute Gasteiger partial charge is 1.00 e. The topological polar surface area (TPSA) is 160 Å². The molecule has 0 spiro atoms. The molecular formula is C6H13NaO9P-. The summed E-state index contributed by atoms with van der Waals surface area (Å²) >= 11 is 0. The van der Waals surface area contributed by atoms with Gasteiger partial charge in [0.15, 0.2) is 6.29 Å². The first kappa shape index (κ1) is 17.9. The third kappa shape index (κ3) is 5.19. The maximum atomic E-state index is 10.3. The molecule has 1 fully saturated rings. The molecule has 0 saturated carbocycles. The van der Waals surface area contributed by atoms with Crippen molar-refractivity contribution in [3.63, 3.8) is 0 Å². The van der Waals surface area contributed by atoms with Gasteiger partial charge in [0.2, 0.25) is 0 Å². The van der Waals surface area contributed by atoms with Gasteiger partial charge in [0.1, 0.15) is 24.4 Å². The maximum absolute atomic E-state index is 10.3. The zero-order chi connectivity index (χ0) is 12.5. The summed E-state index contributed by atoms with van der Waals surface area (Å²) in [5, 5.41) is 36.7. The summed E-state index contributed by atoms with van der Waals surface area (Å²) in [6.07, 6.45) is -8.23. The number of phosphoric acid groups is 1. The Bertz CT molecular complexity index is 288. The van der Waals surface area contributed by atoms with Crippen molar-refractivity contribution in [1.29, 1.82) is 0 Å². The van der Waals surface area contributed by atoms with Gasteiger partial charge in [0.25, 0.3) is 7.82 Å². The Morgan fingerprint density at radius 1 is 1.24 bits per heavy atom. The monoisotopic (exact) mass is 289 g/mol. The minimum atomic E-state index is -4.98. The molecule has 5 N–H and O–H groups in total. The molecule has 1 aliphatic heterocycles. The van der Waals surface area contributed by atoms with Gasteiger partial charge in [0.05, 0.1) is 6.61 Å². The van der Waals surface area contributed by atoms with E-state index in [9.17, 15) is 19.7 Å². The Hall–Kier alpha value is 0.910. The average Bonchev–Trinajstić information content (AvgIpc) is 2.17. The van der Waals surface area contributed by atoms with Crippen molar-refractivity contribution in [1.82, 2.24) is 0 Å².